The van der Waals surface area contributed by atoms with Crippen molar-refractivity contribution >= 4 is 5.96 Å². The largest absolute Gasteiger partial charge is 0.355 e. The van der Waals surface area contributed by atoms with Gasteiger partial charge in [0, 0.05) is 32.2 Å². The Morgan fingerprint density at radius 2 is 1.93 bits per heavy atom. The molecule has 0 spiro atoms. The van der Waals surface area contributed by atoms with Crippen molar-refractivity contribution in [2.24, 2.45) is 4.99 Å². The van der Waals surface area contributed by atoms with Crippen LogP contribution in [0.25, 0.3) is 0 Å². The van der Waals surface area contributed by atoms with Crippen LogP contribution in [0.15, 0.2) is 17.6 Å². The summed E-state index contributed by atoms with van der Waals surface area (Å²) in [5.74, 6) is 0.811. The van der Waals surface area contributed by atoms with E-state index in [1.54, 1.807) is 13.1 Å². The van der Waals surface area contributed by atoms with Crippen molar-refractivity contribution in [1.29, 1.82) is 0 Å². The maximum Gasteiger partial charge on any atom is 0.191 e. The minimum absolute atomic E-state index is 0.166. The Bertz CT molecular complexity index is 203. The van der Waals surface area contributed by atoms with Gasteiger partial charge in [-0.15, -0.1) is 6.58 Å². The van der Waals surface area contributed by atoms with Crippen molar-refractivity contribution in [3.63, 3.8) is 0 Å². The molecule has 15 heavy (non-hydrogen) atoms. The van der Waals surface area contributed by atoms with Gasteiger partial charge in [0.1, 0.15) is 0 Å². The van der Waals surface area contributed by atoms with Gasteiger partial charge in [-0.05, 0) is 20.8 Å². The average Bonchev–Trinajstić information content (AvgIpc) is 2.15. The first-order valence-electron chi connectivity index (χ1n) is 5.30. The normalized spacial score (nSPS) is 12.4. The maximum absolute atomic E-state index is 4.08. The zero-order chi connectivity index (χ0) is 11.7. The summed E-state index contributed by atoms with van der Waals surface area (Å²) in [7, 11) is 1.76. The van der Waals surface area contributed by atoms with E-state index in [1.807, 2.05) is 0 Å². The van der Waals surface area contributed by atoms with E-state index in [1.165, 1.54) is 0 Å². The second kappa shape index (κ2) is 7.29. The minimum Gasteiger partial charge on any atom is -0.355 e. The molecule has 0 aliphatic carbocycles. The number of aliphatic imine (C=N–C) groups is 1. The lowest BCUT2D eigenvalue weighted by molar-refractivity contribution is 0.428. The van der Waals surface area contributed by atoms with Gasteiger partial charge in [-0.25, -0.2) is 0 Å². The predicted molar refractivity (Wildman–Crippen MR) is 67.3 cm³/mol. The fraction of sp³-hybridized carbons (Fsp3) is 0.727. The predicted octanol–water partition coefficient (Wildman–Crippen LogP) is 0.726. The van der Waals surface area contributed by atoms with Crippen molar-refractivity contribution in [3.8, 4) is 0 Å². The monoisotopic (exact) mass is 212 g/mol. The van der Waals surface area contributed by atoms with E-state index in [4.69, 9.17) is 0 Å². The molecule has 0 saturated carbocycles. The Balaban J connectivity index is 3.60. The van der Waals surface area contributed by atoms with Crippen LogP contribution in [-0.2, 0) is 0 Å². The lowest BCUT2D eigenvalue weighted by Gasteiger charge is -2.21. The smallest absolute Gasteiger partial charge is 0.191 e. The van der Waals surface area contributed by atoms with Crippen molar-refractivity contribution < 1.29 is 0 Å². The lowest BCUT2D eigenvalue weighted by Crippen LogP contribution is -2.44. The number of hydrogen-bond donors (Lipinski definition) is 3. The van der Waals surface area contributed by atoms with Crippen LogP contribution in [0.2, 0.25) is 0 Å². The summed E-state index contributed by atoms with van der Waals surface area (Å²) in [5, 5.41) is 9.71. The van der Waals surface area contributed by atoms with Crippen molar-refractivity contribution in [2.75, 3.05) is 26.7 Å². The molecule has 88 valence electrons. The highest BCUT2D eigenvalue weighted by Gasteiger charge is 2.07. The number of guanidine groups is 1. The van der Waals surface area contributed by atoms with Gasteiger partial charge in [0.2, 0.25) is 0 Å². The van der Waals surface area contributed by atoms with Crippen molar-refractivity contribution in [1.82, 2.24) is 16.0 Å². The van der Waals surface area contributed by atoms with Gasteiger partial charge in [-0.1, -0.05) is 6.08 Å². The molecule has 0 aliphatic heterocycles. The van der Waals surface area contributed by atoms with Gasteiger partial charge in [-0.2, -0.15) is 0 Å². The third-order valence-corrected chi connectivity index (χ3v) is 1.71. The van der Waals surface area contributed by atoms with Gasteiger partial charge in [-0.3, -0.25) is 4.99 Å². The zero-order valence-electron chi connectivity index (χ0n) is 10.4. The van der Waals surface area contributed by atoms with Crippen LogP contribution in [0.4, 0.5) is 0 Å². The highest BCUT2D eigenvalue weighted by molar-refractivity contribution is 5.79. The van der Waals surface area contributed by atoms with Gasteiger partial charge < -0.3 is 16.0 Å². The van der Waals surface area contributed by atoms with Crippen LogP contribution in [0.5, 0.6) is 0 Å². The Hall–Kier alpha value is -1.03. The molecule has 0 heterocycles. The molecule has 0 aliphatic rings. The molecule has 0 amide bonds. The lowest BCUT2D eigenvalue weighted by atomic mass is 10.1. The Morgan fingerprint density at radius 1 is 1.27 bits per heavy atom. The van der Waals surface area contributed by atoms with Gasteiger partial charge >= 0.3 is 0 Å². The van der Waals surface area contributed by atoms with E-state index in [0.29, 0.717) is 0 Å². The standard InChI is InChI=1S/C11H24N4/c1-6-7-13-10(12-5)14-8-9-15-11(2,3)4/h6,15H,1,7-9H2,2-5H3,(H2,12,13,14). The van der Waals surface area contributed by atoms with Crippen molar-refractivity contribution in [3.05, 3.63) is 12.7 Å². The topological polar surface area (TPSA) is 48.5 Å². The van der Waals surface area contributed by atoms with Gasteiger partial charge in [0.15, 0.2) is 5.96 Å². The number of nitrogens with one attached hydrogen (secondary N) is 3. The van der Waals surface area contributed by atoms with Crippen LogP contribution in [-0.4, -0.2) is 38.2 Å². The highest BCUT2D eigenvalue weighted by Crippen LogP contribution is 1.96. The summed E-state index contributed by atoms with van der Waals surface area (Å²) in [5.41, 5.74) is 0.166. The van der Waals surface area contributed by atoms with Crippen LogP contribution >= 0.6 is 0 Å². The number of rotatable bonds is 5. The minimum atomic E-state index is 0.166. The van der Waals surface area contributed by atoms with E-state index >= 15 is 0 Å². The first-order chi connectivity index (χ1) is 6.99. The van der Waals surface area contributed by atoms with E-state index in [9.17, 15) is 0 Å². The molecular formula is C11H24N4. The van der Waals surface area contributed by atoms with Gasteiger partial charge in [0.05, 0.1) is 0 Å². The van der Waals surface area contributed by atoms with E-state index in [2.05, 4.69) is 48.3 Å². The molecule has 0 unspecified atom stereocenters. The second-order valence-corrected chi connectivity index (χ2v) is 4.35. The fourth-order valence-corrected chi connectivity index (χ4v) is 1.01. The summed E-state index contributed by atoms with van der Waals surface area (Å²) in [6.45, 7) is 12.6. The van der Waals surface area contributed by atoms with Crippen LogP contribution in [0.3, 0.4) is 0 Å². The van der Waals surface area contributed by atoms with Gasteiger partial charge in [0.25, 0.3) is 0 Å². The Morgan fingerprint density at radius 3 is 2.40 bits per heavy atom. The molecule has 4 heteroatoms. The quantitative estimate of drug-likeness (QED) is 0.272. The molecule has 0 rings (SSSR count). The van der Waals surface area contributed by atoms with E-state index < -0.39 is 0 Å². The molecule has 4 nitrogen and oxygen atoms in total. The van der Waals surface area contributed by atoms with Crippen LogP contribution in [0.1, 0.15) is 20.8 Å². The Labute approximate surface area is 93.2 Å². The van der Waals surface area contributed by atoms with Crippen LogP contribution < -0.4 is 16.0 Å². The first kappa shape index (κ1) is 14.0. The highest BCUT2D eigenvalue weighted by atomic mass is 15.2. The van der Waals surface area contributed by atoms with E-state index in [-0.39, 0.29) is 5.54 Å². The molecule has 0 aromatic rings. The molecule has 0 atom stereocenters. The Kier molecular flexibility index (Phi) is 6.79. The summed E-state index contributed by atoms with van der Waals surface area (Å²) < 4.78 is 0. The molecular weight excluding hydrogens is 188 g/mol. The molecule has 0 fully saturated rings. The number of nitrogens with zero attached hydrogens (tertiary/aromatic N) is 1. The SMILES string of the molecule is C=CCNC(=NC)NCCNC(C)(C)C. The summed E-state index contributed by atoms with van der Waals surface area (Å²) in [6, 6.07) is 0. The molecule has 0 aromatic heterocycles. The van der Waals surface area contributed by atoms with Crippen molar-refractivity contribution in [2.45, 2.75) is 26.3 Å². The molecule has 0 bridgehead atoms. The van der Waals surface area contributed by atoms with Crippen LogP contribution in [0, 0.1) is 0 Å². The number of hydrogen-bond acceptors (Lipinski definition) is 2. The summed E-state index contributed by atoms with van der Waals surface area (Å²) in [4.78, 5) is 4.08. The summed E-state index contributed by atoms with van der Waals surface area (Å²) >= 11 is 0. The second-order valence-electron chi connectivity index (χ2n) is 4.35. The molecule has 3 N–H and O–H groups in total. The third kappa shape index (κ3) is 9.28. The first-order valence-corrected chi connectivity index (χ1v) is 5.30. The molecule has 0 radical (unpaired) electrons. The third-order valence-electron chi connectivity index (χ3n) is 1.71. The maximum atomic E-state index is 4.08. The summed E-state index contributed by atoms with van der Waals surface area (Å²) in [6.07, 6.45) is 1.81. The van der Waals surface area contributed by atoms with E-state index in [0.717, 1.165) is 25.6 Å². The fourth-order valence-electron chi connectivity index (χ4n) is 1.01. The molecule has 0 saturated heterocycles. The zero-order valence-corrected chi connectivity index (χ0v) is 10.4. The average molecular weight is 212 g/mol. The molecule has 0 aromatic carbocycles.